The molecule has 0 aromatic heterocycles. The van der Waals surface area contributed by atoms with Crippen LogP contribution in [0.4, 0.5) is 0 Å². The number of esters is 3. The Morgan fingerprint density at radius 2 is 0.527 bits per heavy atom. The first-order chi connectivity index (χ1) is 36.5. The summed E-state index contributed by atoms with van der Waals surface area (Å²) in [5.74, 6) is -0.868. The van der Waals surface area contributed by atoms with Crippen molar-refractivity contribution in [3.63, 3.8) is 0 Å². The van der Waals surface area contributed by atoms with Gasteiger partial charge in [-0.2, -0.15) is 0 Å². The topological polar surface area (TPSA) is 78.9 Å². The highest BCUT2D eigenvalue weighted by Crippen LogP contribution is 2.17. The molecule has 0 N–H and O–H groups in total. The molecule has 0 aliphatic carbocycles. The van der Waals surface area contributed by atoms with Crippen LogP contribution in [-0.4, -0.2) is 37.2 Å². The van der Waals surface area contributed by atoms with E-state index in [0.717, 1.165) is 89.9 Å². The van der Waals surface area contributed by atoms with Gasteiger partial charge in [-0.05, 0) is 83.5 Å². The van der Waals surface area contributed by atoms with E-state index in [0.29, 0.717) is 19.3 Å². The Morgan fingerprint density at radius 3 is 0.838 bits per heavy atom. The van der Waals surface area contributed by atoms with Crippen LogP contribution in [0.3, 0.4) is 0 Å². The quantitative estimate of drug-likeness (QED) is 0.0261. The Balaban J connectivity index is 4.00. The van der Waals surface area contributed by atoms with E-state index in [1.807, 2.05) is 0 Å². The molecule has 0 aliphatic rings. The Morgan fingerprint density at radius 1 is 0.284 bits per heavy atom. The molecule has 0 saturated carbocycles. The van der Waals surface area contributed by atoms with E-state index in [9.17, 15) is 14.4 Å². The number of carbonyl (C=O) groups is 3. The summed E-state index contributed by atoms with van der Waals surface area (Å²) in [5.41, 5.74) is 0. The number of unbranched alkanes of at least 4 members (excludes halogenated alkanes) is 38. The third-order valence-electron chi connectivity index (χ3n) is 14.3. The molecule has 430 valence electrons. The van der Waals surface area contributed by atoms with Gasteiger partial charge in [-0.15, -0.1) is 0 Å². The second-order valence-corrected chi connectivity index (χ2v) is 21.6. The van der Waals surface area contributed by atoms with Gasteiger partial charge >= 0.3 is 17.9 Å². The average Bonchev–Trinajstić information content (AvgIpc) is 3.40. The summed E-state index contributed by atoms with van der Waals surface area (Å²) in [6.45, 7) is 6.52. The molecule has 0 aliphatic heterocycles. The van der Waals surface area contributed by atoms with E-state index in [1.165, 1.54) is 205 Å². The van der Waals surface area contributed by atoms with Crippen LogP contribution in [0.25, 0.3) is 0 Å². The van der Waals surface area contributed by atoms with Crippen LogP contribution in [0, 0.1) is 0 Å². The van der Waals surface area contributed by atoms with Gasteiger partial charge in [-0.1, -0.05) is 293 Å². The van der Waals surface area contributed by atoms with Crippen molar-refractivity contribution in [1.82, 2.24) is 0 Å². The molecular formula is C68H122O6. The van der Waals surface area contributed by atoms with Crippen LogP contribution in [-0.2, 0) is 28.6 Å². The first-order valence-electron chi connectivity index (χ1n) is 32.3. The third-order valence-corrected chi connectivity index (χ3v) is 14.3. The molecule has 1 atom stereocenters. The molecule has 0 rings (SSSR count). The van der Waals surface area contributed by atoms with Crippen molar-refractivity contribution in [3.05, 3.63) is 60.8 Å². The molecule has 0 saturated heterocycles. The van der Waals surface area contributed by atoms with Crippen molar-refractivity contribution in [2.24, 2.45) is 0 Å². The lowest BCUT2D eigenvalue weighted by Gasteiger charge is -2.18. The normalized spacial score (nSPS) is 12.4. The van der Waals surface area contributed by atoms with E-state index in [-0.39, 0.29) is 31.1 Å². The third kappa shape index (κ3) is 60.0. The Kier molecular flexibility index (Phi) is 60.2. The molecule has 74 heavy (non-hydrogen) atoms. The number of hydrogen-bond donors (Lipinski definition) is 0. The molecule has 1 unspecified atom stereocenters. The second kappa shape index (κ2) is 62.6. The van der Waals surface area contributed by atoms with Crippen LogP contribution in [0.15, 0.2) is 60.8 Å². The molecule has 0 bridgehead atoms. The van der Waals surface area contributed by atoms with Crippen LogP contribution < -0.4 is 0 Å². The van der Waals surface area contributed by atoms with Crippen molar-refractivity contribution in [3.8, 4) is 0 Å². The van der Waals surface area contributed by atoms with Gasteiger partial charge in [0.15, 0.2) is 6.10 Å². The lowest BCUT2D eigenvalue weighted by atomic mass is 10.0. The summed E-state index contributed by atoms with van der Waals surface area (Å²) in [6, 6.07) is 0. The van der Waals surface area contributed by atoms with E-state index < -0.39 is 6.10 Å². The number of carbonyl (C=O) groups excluding carboxylic acids is 3. The summed E-state index contributed by atoms with van der Waals surface area (Å²) in [6.07, 6.45) is 79.8. The average molecular weight is 1040 g/mol. The SMILES string of the molecule is CC/C=C\C/C=C\C/C=C\C/C=C\CCCCCCCCCCCCCCCCCCCCCCC(=O)OCC(COC(=O)CCCCCCCCCC)OC(=O)CCCCCCC/C=C\CCCCCCCC. The second-order valence-electron chi connectivity index (χ2n) is 21.6. The zero-order valence-electron chi connectivity index (χ0n) is 49.4. The summed E-state index contributed by atoms with van der Waals surface area (Å²) in [7, 11) is 0. The number of ether oxygens (including phenoxy) is 3. The van der Waals surface area contributed by atoms with Crippen molar-refractivity contribution in [1.29, 1.82) is 0 Å². The minimum Gasteiger partial charge on any atom is -0.462 e. The molecule has 0 spiro atoms. The number of allylic oxidation sites excluding steroid dienone is 10. The van der Waals surface area contributed by atoms with Gasteiger partial charge < -0.3 is 14.2 Å². The van der Waals surface area contributed by atoms with Crippen molar-refractivity contribution in [2.75, 3.05) is 13.2 Å². The van der Waals surface area contributed by atoms with Gasteiger partial charge in [0, 0.05) is 19.3 Å². The van der Waals surface area contributed by atoms with Gasteiger partial charge in [0.25, 0.3) is 0 Å². The van der Waals surface area contributed by atoms with Crippen LogP contribution >= 0.6 is 0 Å². The predicted molar refractivity (Wildman–Crippen MR) is 321 cm³/mol. The monoisotopic (exact) mass is 1030 g/mol. The van der Waals surface area contributed by atoms with Crippen molar-refractivity contribution in [2.45, 2.75) is 341 Å². The van der Waals surface area contributed by atoms with Crippen LogP contribution in [0.2, 0.25) is 0 Å². The maximum absolute atomic E-state index is 12.8. The first kappa shape index (κ1) is 71.1. The zero-order valence-corrected chi connectivity index (χ0v) is 49.4. The van der Waals surface area contributed by atoms with E-state index in [4.69, 9.17) is 14.2 Å². The molecule has 0 heterocycles. The maximum Gasteiger partial charge on any atom is 0.306 e. The van der Waals surface area contributed by atoms with E-state index in [1.54, 1.807) is 0 Å². The van der Waals surface area contributed by atoms with Crippen molar-refractivity contribution >= 4 is 17.9 Å². The summed E-state index contributed by atoms with van der Waals surface area (Å²) in [4.78, 5) is 38.1. The zero-order chi connectivity index (χ0) is 53.6. The fraction of sp³-hybridized carbons (Fsp3) is 0.809. The van der Waals surface area contributed by atoms with Crippen molar-refractivity contribution < 1.29 is 28.6 Å². The molecule has 6 heteroatoms. The van der Waals surface area contributed by atoms with Gasteiger partial charge in [-0.3, -0.25) is 14.4 Å². The minimum atomic E-state index is -0.772. The van der Waals surface area contributed by atoms with Gasteiger partial charge in [0.2, 0.25) is 0 Å². The number of rotatable bonds is 59. The molecule has 0 fully saturated rings. The molecule has 0 amide bonds. The Bertz CT molecular complexity index is 1330. The Hall–Kier alpha value is -2.89. The van der Waals surface area contributed by atoms with Gasteiger partial charge in [0.1, 0.15) is 13.2 Å². The van der Waals surface area contributed by atoms with E-state index >= 15 is 0 Å². The molecule has 0 aromatic carbocycles. The minimum absolute atomic E-state index is 0.0721. The maximum atomic E-state index is 12.8. The molecule has 0 radical (unpaired) electrons. The fourth-order valence-electron chi connectivity index (χ4n) is 9.43. The first-order valence-corrected chi connectivity index (χ1v) is 32.3. The van der Waals surface area contributed by atoms with Gasteiger partial charge in [0.05, 0.1) is 0 Å². The van der Waals surface area contributed by atoms with Crippen LogP contribution in [0.1, 0.15) is 335 Å². The lowest BCUT2D eigenvalue weighted by Crippen LogP contribution is -2.30. The highest BCUT2D eigenvalue weighted by molar-refractivity contribution is 5.71. The fourth-order valence-corrected chi connectivity index (χ4v) is 9.43. The Labute approximate surface area is 460 Å². The van der Waals surface area contributed by atoms with Gasteiger partial charge in [-0.25, -0.2) is 0 Å². The highest BCUT2D eigenvalue weighted by atomic mass is 16.6. The molecular weight excluding hydrogens is 913 g/mol. The largest absolute Gasteiger partial charge is 0.462 e. The summed E-state index contributed by atoms with van der Waals surface area (Å²) < 4.78 is 16.8. The molecule has 6 nitrogen and oxygen atoms in total. The summed E-state index contributed by atoms with van der Waals surface area (Å²) in [5, 5.41) is 0. The number of hydrogen-bond acceptors (Lipinski definition) is 6. The highest BCUT2D eigenvalue weighted by Gasteiger charge is 2.19. The van der Waals surface area contributed by atoms with E-state index in [2.05, 4.69) is 81.5 Å². The predicted octanol–water partition coefficient (Wildman–Crippen LogP) is 21.9. The van der Waals surface area contributed by atoms with Crippen LogP contribution in [0.5, 0.6) is 0 Å². The standard InChI is InChI=1S/C68H122O6/c1-4-7-10-13-16-19-21-23-25-26-27-28-29-30-31-32-33-34-35-36-37-38-39-40-41-42-44-45-47-49-52-55-58-61-67(70)73-64-65(63-72-66(69)60-57-54-51-18-15-12-9-6-3)74-68(71)62-59-56-53-50-48-46-43-24-22-20-17-14-11-8-5-2/h7,10,16,19,23-25,27-28,43,65H,4-6,8-9,11-15,17-18,20-22,26,29-42,44-64H2,1-3H3/b10-7-,19-16-,25-23-,28-27-,43-24-. The lowest BCUT2D eigenvalue weighted by molar-refractivity contribution is -0.167. The molecule has 0 aromatic rings. The summed E-state index contributed by atoms with van der Waals surface area (Å²) >= 11 is 0. The smallest absolute Gasteiger partial charge is 0.306 e.